The van der Waals surface area contributed by atoms with Gasteiger partial charge in [0.1, 0.15) is 49.3 Å². The SMILES string of the molecule is CO[C@H]1O[C@@H]2CO[C@@H]3O[C@H](COC(=O)c4ccccc4C(=O)O[C@H]4[C@H](O[C@H]2[C@H](O)[C@H]1O)O[C@@H]1COC(C)(C)O[C@H]1[C@@H]4OC(C)=O)[C@@H](OC(C)=O)[C@H](OC(C)=O)[C@H]3OC(C)=O. The van der Waals surface area contributed by atoms with Gasteiger partial charge >= 0.3 is 35.8 Å². The quantitative estimate of drug-likeness (QED) is 0.271. The second-order valence-electron chi connectivity index (χ2n) is 14.9. The van der Waals surface area contributed by atoms with Crippen molar-refractivity contribution in [2.45, 2.75) is 139 Å². The van der Waals surface area contributed by atoms with Crippen LogP contribution in [0.3, 0.4) is 0 Å². The van der Waals surface area contributed by atoms with Gasteiger partial charge in [0.15, 0.2) is 55.2 Å². The van der Waals surface area contributed by atoms with E-state index in [1.807, 2.05) is 0 Å². The Morgan fingerprint density at radius 3 is 1.83 bits per heavy atom. The maximum absolute atomic E-state index is 14.2. The smallest absolute Gasteiger partial charge is 0.339 e. The number of fused-ring (bicyclic) bond motifs is 6. The lowest BCUT2D eigenvalue weighted by atomic mass is 9.95. The number of methoxy groups -OCH3 is 1. The van der Waals surface area contributed by atoms with Gasteiger partial charge in [0.25, 0.3) is 0 Å². The molecule has 0 aromatic heterocycles. The van der Waals surface area contributed by atoms with Crippen LogP contribution in [0.4, 0.5) is 0 Å². The third kappa shape index (κ3) is 10.0. The van der Waals surface area contributed by atoms with Crippen LogP contribution in [0, 0.1) is 0 Å². The Balaban J connectivity index is 1.47. The number of carbonyl (C=O) groups excluding carboxylic acids is 6. The average molecular weight is 857 g/mol. The Hall–Kier alpha value is -4.36. The highest BCUT2D eigenvalue weighted by Crippen LogP contribution is 2.39. The molecule has 0 radical (unpaired) electrons. The maximum atomic E-state index is 14.2. The number of carbonyl (C=O) groups is 6. The summed E-state index contributed by atoms with van der Waals surface area (Å²) in [6, 6.07) is 5.37. The molecule has 0 amide bonds. The summed E-state index contributed by atoms with van der Waals surface area (Å²) in [5.41, 5.74) is -0.659. The van der Waals surface area contributed by atoms with Crippen LogP contribution in [0.25, 0.3) is 0 Å². The standard InChI is InChI=1S/C38H48O22/c1-15(39)51-27-22-12-48-33(45)19-10-8-9-11-20(19)34(46)58-32-30(53-17(3)41)28-23(14-50-38(5,6)60-28)57-37(32)59-26-21(55-35(47-7)25(44)24(26)43)13-49-36(56-22)31(54-18(4)42)29(27)52-16(2)40/h8-11,21-32,35-37,43-44H,12-14H2,1-7H3/t21-,22-,23-,24-,25-,26-,27-,28-,29+,30+,31-,32-,35+,36-,37+/m1/s1. The summed E-state index contributed by atoms with van der Waals surface area (Å²) in [5, 5.41) is 22.6. The summed E-state index contributed by atoms with van der Waals surface area (Å²) in [6.07, 6.45) is -23.3. The van der Waals surface area contributed by atoms with Crippen molar-refractivity contribution < 1.29 is 105 Å². The zero-order valence-corrected chi connectivity index (χ0v) is 33.7. The first-order valence-electron chi connectivity index (χ1n) is 19.0. The van der Waals surface area contributed by atoms with Gasteiger partial charge in [-0.15, -0.1) is 0 Å². The highest BCUT2D eigenvalue weighted by molar-refractivity contribution is 6.03. The van der Waals surface area contributed by atoms with Crippen molar-refractivity contribution in [1.82, 2.24) is 0 Å². The van der Waals surface area contributed by atoms with Crippen molar-refractivity contribution in [3.8, 4) is 0 Å². The fourth-order valence-electron chi connectivity index (χ4n) is 7.49. The second-order valence-corrected chi connectivity index (χ2v) is 14.9. The highest BCUT2D eigenvalue weighted by atomic mass is 16.8. The van der Waals surface area contributed by atoms with Gasteiger partial charge in [-0.1, -0.05) is 12.1 Å². The topological polar surface area (TPSA) is 272 Å². The minimum atomic E-state index is -1.85. The molecule has 5 aliphatic rings. The number of aliphatic hydroxyl groups excluding tert-OH is 2. The number of esters is 6. The lowest BCUT2D eigenvalue weighted by Gasteiger charge is -2.51. The Morgan fingerprint density at radius 2 is 1.20 bits per heavy atom. The van der Waals surface area contributed by atoms with Crippen LogP contribution in [-0.2, 0) is 85.5 Å². The van der Waals surface area contributed by atoms with Gasteiger partial charge in [-0.3, -0.25) is 19.2 Å². The van der Waals surface area contributed by atoms with Crippen LogP contribution in [0.2, 0.25) is 0 Å². The van der Waals surface area contributed by atoms with E-state index in [-0.39, 0.29) is 17.7 Å². The number of rotatable bonds is 5. The van der Waals surface area contributed by atoms with Crippen molar-refractivity contribution in [2.24, 2.45) is 0 Å². The van der Waals surface area contributed by atoms with E-state index in [4.69, 9.17) is 66.3 Å². The lowest BCUT2D eigenvalue weighted by molar-refractivity contribution is -0.399. The number of ether oxygens (including phenoxy) is 14. The highest BCUT2D eigenvalue weighted by Gasteiger charge is 2.58. The second kappa shape index (κ2) is 18.7. The molecule has 1 aromatic rings. The minimum Gasteiger partial charge on any atom is -0.459 e. The number of cyclic esters (lactones) is 1. The first-order valence-corrected chi connectivity index (χ1v) is 19.0. The molecule has 4 saturated heterocycles. The van der Waals surface area contributed by atoms with Crippen LogP contribution >= 0.6 is 0 Å². The average Bonchev–Trinajstić information content (AvgIpc) is 3.17. The third-order valence-electron chi connectivity index (χ3n) is 9.98. The molecule has 1 aromatic carbocycles. The molecule has 5 aliphatic heterocycles. The van der Waals surface area contributed by atoms with Crippen LogP contribution < -0.4 is 0 Å². The zero-order chi connectivity index (χ0) is 43.6. The molecule has 22 nitrogen and oxygen atoms in total. The molecule has 5 heterocycles. The van der Waals surface area contributed by atoms with Crippen LogP contribution in [-0.4, -0.2) is 171 Å². The molecule has 2 bridgehead atoms. The van der Waals surface area contributed by atoms with E-state index >= 15 is 0 Å². The van der Waals surface area contributed by atoms with Gasteiger partial charge in [0.2, 0.25) is 0 Å². The van der Waals surface area contributed by atoms with E-state index < -0.39 is 147 Å². The third-order valence-corrected chi connectivity index (χ3v) is 9.98. The lowest BCUT2D eigenvalue weighted by Crippen LogP contribution is -2.68. The molecular weight excluding hydrogens is 808 g/mol. The van der Waals surface area contributed by atoms with Crippen LogP contribution in [0.1, 0.15) is 62.3 Å². The Bertz CT molecular complexity index is 1770. The van der Waals surface area contributed by atoms with Crippen molar-refractivity contribution in [3.05, 3.63) is 35.4 Å². The molecule has 22 heteroatoms. The fourth-order valence-corrected chi connectivity index (χ4v) is 7.49. The first-order chi connectivity index (χ1) is 28.4. The summed E-state index contributed by atoms with van der Waals surface area (Å²) in [5.74, 6) is -6.95. The summed E-state index contributed by atoms with van der Waals surface area (Å²) < 4.78 is 81.9. The molecule has 4 fully saturated rings. The number of aliphatic hydroxyl groups is 2. The fraction of sp³-hybridized carbons (Fsp3) is 0.684. The van der Waals surface area contributed by atoms with Gasteiger partial charge < -0.3 is 76.5 Å². The predicted molar refractivity (Wildman–Crippen MR) is 189 cm³/mol. The first kappa shape index (κ1) is 45.2. The molecule has 15 atom stereocenters. The van der Waals surface area contributed by atoms with E-state index in [0.717, 1.165) is 27.7 Å². The van der Waals surface area contributed by atoms with Crippen molar-refractivity contribution in [2.75, 3.05) is 26.9 Å². The summed E-state index contributed by atoms with van der Waals surface area (Å²) in [6.45, 7) is 5.97. The van der Waals surface area contributed by atoms with Crippen molar-refractivity contribution >= 4 is 35.8 Å². The Labute approximate surface area is 342 Å². The minimum absolute atomic E-state index is 0.134. The number of benzene rings is 1. The molecule has 332 valence electrons. The normalized spacial score (nSPS) is 38.0. The van der Waals surface area contributed by atoms with Gasteiger partial charge in [0, 0.05) is 34.8 Å². The molecule has 60 heavy (non-hydrogen) atoms. The molecule has 0 spiro atoms. The Kier molecular flexibility index (Phi) is 14.1. The van der Waals surface area contributed by atoms with Gasteiger partial charge in [-0.2, -0.15) is 0 Å². The van der Waals surface area contributed by atoms with Gasteiger partial charge in [0.05, 0.1) is 24.3 Å². The molecular formula is C38H48O22. The summed E-state index contributed by atoms with van der Waals surface area (Å²) in [4.78, 5) is 77.9. The molecule has 0 aliphatic carbocycles. The molecule has 2 N–H and O–H groups in total. The molecule has 6 rings (SSSR count). The van der Waals surface area contributed by atoms with E-state index in [1.165, 1.54) is 31.4 Å². The van der Waals surface area contributed by atoms with Crippen LogP contribution in [0.5, 0.6) is 0 Å². The van der Waals surface area contributed by atoms with Crippen molar-refractivity contribution in [1.29, 1.82) is 0 Å². The molecule has 0 unspecified atom stereocenters. The van der Waals surface area contributed by atoms with E-state index in [9.17, 15) is 39.0 Å². The van der Waals surface area contributed by atoms with Crippen molar-refractivity contribution in [3.63, 3.8) is 0 Å². The largest absolute Gasteiger partial charge is 0.459 e. The maximum Gasteiger partial charge on any atom is 0.339 e. The van der Waals surface area contributed by atoms with E-state index in [2.05, 4.69) is 0 Å². The predicted octanol–water partition coefficient (Wildman–Crippen LogP) is -0.795. The number of hydrogen-bond acceptors (Lipinski definition) is 22. The monoisotopic (exact) mass is 856 g/mol. The van der Waals surface area contributed by atoms with E-state index in [1.54, 1.807) is 13.8 Å². The number of hydrogen-bond donors (Lipinski definition) is 2. The zero-order valence-electron chi connectivity index (χ0n) is 33.7. The van der Waals surface area contributed by atoms with Gasteiger partial charge in [-0.25, -0.2) is 9.59 Å². The Morgan fingerprint density at radius 1 is 0.633 bits per heavy atom. The van der Waals surface area contributed by atoms with E-state index in [0.29, 0.717) is 0 Å². The molecule has 0 saturated carbocycles. The van der Waals surface area contributed by atoms with Crippen LogP contribution in [0.15, 0.2) is 24.3 Å². The van der Waals surface area contributed by atoms with Gasteiger partial charge in [-0.05, 0) is 26.0 Å². The summed E-state index contributed by atoms with van der Waals surface area (Å²) in [7, 11) is 1.19. The summed E-state index contributed by atoms with van der Waals surface area (Å²) >= 11 is 0.